The summed E-state index contributed by atoms with van der Waals surface area (Å²) >= 11 is 0. The van der Waals surface area contributed by atoms with Gasteiger partial charge < -0.3 is 15.8 Å². The average Bonchev–Trinajstić information content (AvgIpc) is 2.88. The highest BCUT2D eigenvalue weighted by molar-refractivity contribution is 5.82. The molecule has 0 aromatic heterocycles. The molecular formula is C15H28N2O2. The lowest BCUT2D eigenvalue weighted by atomic mass is 9.60. The van der Waals surface area contributed by atoms with Crippen LogP contribution < -0.4 is 11.1 Å². The Bertz CT molecular complexity index is 324. The molecule has 0 aromatic rings. The fraction of sp³-hybridized carbons (Fsp3) is 0.933. The summed E-state index contributed by atoms with van der Waals surface area (Å²) in [6, 6.07) is -0.131. The highest BCUT2D eigenvalue weighted by Crippen LogP contribution is 2.54. The smallest absolute Gasteiger partial charge is 0.237 e. The Labute approximate surface area is 116 Å². The number of amides is 1. The Morgan fingerprint density at radius 3 is 2.58 bits per heavy atom. The Balaban J connectivity index is 1.96. The van der Waals surface area contributed by atoms with Gasteiger partial charge in [0.2, 0.25) is 5.91 Å². The molecule has 0 aliphatic heterocycles. The number of hydrogen-bond donors (Lipinski definition) is 2. The average molecular weight is 268 g/mol. The second-order valence-electron chi connectivity index (χ2n) is 6.45. The van der Waals surface area contributed by atoms with E-state index in [0.29, 0.717) is 6.10 Å². The maximum atomic E-state index is 12.1. The third-order valence-electron chi connectivity index (χ3n) is 5.02. The minimum absolute atomic E-state index is 0.00113. The number of carbonyl (C=O) groups is 1. The van der Waals surface area contributed by atoms with Crippen LogP contribution in [0.15, 0.2) is 0 Å². The molecule has 3 atom stereocenters. The maximum Gasteiger partial charge on any atom is 0.237 e. The molecule has 0 radical (unpaired) electrons. The predicted molar refractivity (Wildman–Crippen MR) is 75.7 cm³/mol. The fourth-order valence-electron chi connectivity index (χ4n) is 3.66. The number of nitrogens with one attached hydrogen (secondary N) is 1. The first-order chi connectivity index (χ1) is 9.01. The molecule has 19 heavy (non-hydrogen) atoms. The lowest BCUT2D eigenvalue weighted by Crippen LogP contribution is -2.65. The molecule has 2 rings (SSSR count). The number of carbonyl (C=O) groups excluding carboxylic acids is 1. The predicted octanol–water partition coefficient (Wildman–Crippen LogP) is 1.82. The summed E-state index contributed by atoms with van der Waals surface area (Å²) in [6.07, 6.45) is 6.16. The van der Waals surface area contributed by atoms with Crippen LogP contribution in [-0.2, 0) is 9.53 Å². The molecule has 2 saturated carbocycles. The standard InChI is InChI=1S/C15H28N2O2/c1-4-19-12-9-11(15(12)7-5-6-8-15)17-14(18)13(16)10(2)3/h10-13H,4-9,16H2,1-3H3,(H,17,18)/t11?,12?,13-/m0/s1. The Hall–Kier alpha value is -0.610. The van der Waals surface area contributed by atoms with E-state index >= 15 is 0 Å². The zero-order valence-electron chi connectivity index (χ0n) is 12.4. The van der Waals surface area contributed by atoms with Gasteiger partial charge in [0.15, 0.2) is 0 Å². The molecule has 2 aliphatic rings. The molecule has 2 fully saturated rings. The number of rotatable bonds is 5. The molecule has 3 N–H and O–H groups in total. The normalized spacial score (nSPS) is 30.4. The van der Waals surface area contributed by atoms with Crippen molar-refractivity contribution in [1.82, 2.24) is 5.32 Å². The van der Waals surface area contributed by atoms with E-state index in [4.69, 9.17) is 10.5 Å². The minimum atomic E-state index is -0.399. The van der Waals surface area contributed by atoms with Crippen LogP contribution in [0.25, 0.3) is 0 Å². The van der Waals surface area contributed by atoms with Crippen molar-refractivity contribution in [3.8, 4) is 0 Å². The summed E-state index contributed by atoms with van der Waals surface area (Å²) < 4.78 is 5.85. The van der Waals surface area contributed by atoms with Crippen LogP contribution >= 0.6 is 0 Å². The molecule has 4 nitrogen and oxygen atoms in total. The van der Waals surface area contributed by atoms with Crippen molar-refractivity contribution in [1.29, 1.82) is 0 Å². The van der Waals surface area contributed by atoms with Crippen molar-refractivity contribution < 1.29 is 9.53 Å². The van der Waals surface area contributed by atoms with Gasteiger partial charge in [0.1, 0.15) is 0 Å². The fourth-order valence-corrected chi connectivity index (χ4v) is 3.66. The highest BCUT2D eigenvalue weighted by atomic mass is 16.5. The molecule has 110 valence electrons. The lowest BCUT2D eigenvalue weighted by molar-refractivity contribution is -0.145. The third-order valence-corrected chi connectivity index (χ3v) is 5.02. The van der Waals surface area contributed by atoms with Gasteiger partial charge in [0.05, 0.1) is 12.1 Å². The highest BCUT2D eigenvalue weighted by Gasteiger charge is 2.57. The van der Waals surface area contributed by atoms with E-state index in [-0.39, 0.29) is 23.3 Å². The van der Waals surface area contributed by atoms with Crippen LogP contribution in [0.3, 0.4) is 0 Å². The van der Waals surface area contributed by atoms with Crippen LogP contribution in [0.2, 0.25) is 0 Å². The first kappa shape index (κ1) is 14.8. The molecule has 0 saturated heterocycles. The number of ether oxygens (including phenoxy) is 1. The molecular weight excluding hydrogens is 240 g/mol. The zero-order chi connectivity index (χ0) is 14.0. The summed E-state index contributed by atoms with van der Waals surface area (Å²) in [7, 11) is 0. The topological polar surface area (TPSA) is 64.3 Å². The van der Waals surface area contributed by atoms with E-state index in [1.165, 1.54) is 25.7 Å². The van der Waals surface area contributed by atoms with Gasteiger partial charge in [-0.05, 0) is 32.1 Å². The summed E-state index contributed by atoms with van der Waals surface area (Å²) in [5.41, 5.74) is 6.12. The lowest BCUT2D eigenvalue weighted by Gasteiger charge is -2.54. The van der Waals surface area contributed by atoms with E-state index in [1.54, 1.807) is 0 Å². The van der Waals surface area contributed by atoms with E-state index in [2.05, 4.69) is 5.32 Å². The Morgan fingerprint density at radius 1 is 1.42 bits per heavy atom. The van der Waals surface area contributed by atoms with Crippen molar-refractivity contribution in [2.24, 2.45) is 17.1 Å². The maximum absolute atomic E-state index is 12.1. The second kappa shape index (κ2) is 5.80. The first-order valence-corrected chi connectivity index (χ1v) is 7.69. The van der Waals surface area contributed by atoms with Crippen molar-refractivity contribution in [3.63, 3.8) is 0 Å². The minimum Gasteiger partial charge on any atom is -0.378 e. The Kier molecular flexibility index (Phi) is 4.51. The monoisotopic (exact) mass is 268 g/mol. The summed E-state index contributed by atoms with van der Waals surface area (Å²) in [6.45, 7) is 6.78. The van der Waals surface area contributed by atoms with Gasteiger partial charge in [-0.3, -0.25) is 4.79 Å². The first-order valence-electron chi connectivity index (χ1n) is 7.69. The van der Waals surface area contributed by atoms with Crippen molar-refractivity contribution >= 4 is 5.91 Å². The molecule has 0 aromatic carbocycles. The van der Waals surface area contributed by atoms with Gasteiger partial charge in [0.25, 0.3) is 0 Å². The van der Waals surface area contributed by atoms with Crippen molar-refractivity contribution in [2.45, 2.75) is 71.1 Å². The summed E-state index contributed by atoms with van der Waals surface area (Å²) in [4.78, 5) is 12.1. The van der Waals surface area contributed by atoms with Crippen LogP contribution in [0.4, 0.5) is 0 Å². The van der Waals surface area contributed by atoms with Crippen molar-refractivity contribution in [2.75, 3.05) is 6.61 Å². The van der Waals surface area contributed by atoms with Gasteiger partial charge in [0, 0.05) is 18.1 Å². The van der Waals surface area contributed by atoms with E-state index in [0.717, 1.165) is 13.0 Å². The van der Waals surface area contributed by atoms with Gasteiger partial charge in [-0.2, -0.15) is 0 Å². The van der Waals surface area contributed by atoms with Crippen molar-refractivity contribution in [3.05, 3.63) is 0 Å². The number of nitrogens with two attached hydrogens (primary N) is 1. The van der Waals surface area contributed by atoms with Gasteiger partial charge in [-0.1, -0.05) is 26.7 Å². The van der Waals surface area contributed by atoms with Crippen LogP contribution in [0.1, 0.15) is 52.9 Å². The van der Waals surface area contributed by atoms with Gasteiger partial charge in [-0.15, -0.1) is 0 Å². The molecule has 0 heterocycles. The second-order valence-corrected chi connectivity index (χ2v) is 6.45. The molecule has 1 spiro atoms. The molecule has 1 amide bonds. The molecule has 4 heteroatoms. The van der Waals surface area contributed by atoms with E-state index in [9.17, 15) is 4.79 Å². The summed E-state index contributed by atoms with van der Waals surface area (Å²) in [5.74, 6) is 0.184. The zero-order valence-corrected chi connectivity index (χ0v) is 12.4. The molecule has 2 unspecified atom stereocenters. The Morgan fingerprint density at radius 2 is 2.05 bits per heavy atom. The van der Waals surface area contributed by atoms with E-state index < -0.39 is 6.04 Å². The van der Waals surface area contributed by atoms with Crippen LogP contribution in [0, 0.1) is 11.3 Å². The number of hydrogen-bond acceptors (Lipinski definition) is 3. The third kappa shape index (κ3) is 2.65. The largest absolute Gasteiger partial charge is 0.378 e. The quantitative estimate of drug-likeness (QED) is 0.799. The molecule has 2 aliphatic carbocycles. The van der Waals surface area contributed by atoms with Crippen LogP contribution in [0.5, 0.6) is 0 Å². The van der Waals surface area contributed by atoms with Gasteiger partial charge in [-0.25, -0.2) is 0 Å². The molecule has 0 bridgehead atoms. The SMILES string of the molecule is CCOC1CC(NC(=O)[C@@H](N)C(C)C)C12CCCC2. The van der Waals surface area contributed by atoms with Gasteiger partial charge >= 0.3 is 0 Å². The van der Waals surface area contributed by atoms with Crippen LogP contribution in [-0.4, -0.2) is 30.7 Å². The summed E-state index contributed by atoms with van der Waals surface area (Å²) in [5, 5.41) is 3.17. The van der Waals surface area contributed by atoms with E-state index in [1.807, 2.05) is 20.8 Å².